The number of carbonyl (C=O) groups excluding carboxylic acids is 2. The van der Waals surface area contributed by atoms with E-state index in [2.05, 4.69) is 5.32 Å². The second-order valence-corrected chi connectivity index (χ2v) is 6.94. The van der Waals surface area contributed by atoms with Gasteiger partial charge in [0.15, 0.2) is 0 Å². The molecule has 1 aliphatic rings. The van der Waals surface area contributed by atoms with Crippen LogP contribution in [-0.2, 0) is 0 Å². The van der Waals surface area contributed by atoms with Gasteiger partial charge < -0.3 is 10.4 Å². The number of non-ortho nitro benzene ring substituents is 1. The Morgan fingerprint density at radius 3 is 2.23 bits per heavy atom. The van der Waals surface area contributed by atoms with Gasteiger partial charge in [0.1, 0.15) is 0 Å². The number of nitro groups is 1. The summed E-state index contributed by atoms with van der Waals surface area (Å²) in [7, 11) is 0. The number of hydrogen-bond donors (Lipinski definition) is 2. The maximum Gasteiger partial charge on any atom is 0.338 e. The number of imide groups is 1. The molecular formula is C21H21N3O6. The van der Waals surface area contributed by atoms with Crippen molar-refractivity contribution in [1.29, 1.82) is 0 Å². The van der Waals surface area contributed by atoms with Gasteiger partial charge >= 0.3 is 5.97 Å². The van der Waals surface area contributed by atoms with E-state index in [4.69, 9.17) is 0 Å². The van der Waals surface area contributed by atoms with E-state index in [9.17, 15) is 29.6 Å². The fraction of sp³-hybridized carbons (Fsp3) is 0.286. The number of benzene rings is 2. The molecule has 30 heavy (non-hydrogen) atoms. The van der Waals surface area contributed by atoms with Crippen LogP contribution in [0, 0.1) is 10.1 Å². The zero-order valence-corrected chi connectivity index (χ0v) is 16.2. The number of unbranched alkanes of at least 4 members (excludes halogenated alkanes) is 3. The third kappa shape index (κ3) is 4.45. The minimum atomic E-state index is -1.23. The Hall–Kier alpha value is -3.75. The van der Waals surface area contributed by atoms with Crippen molar-refractivity contribution in [2.75, 3.05) is 18.4 Å². The molecule has 2 aromatic rings. The summed E-state index contributed by atoms with van der Waals surface area (Å²) < 4.78 is 0. The van der Waals surface area contributed by atoms with Crippen LogP contribution in [0.3, 0.4) is 0 Å². The van der Waals surface area contributed by atoms with Crippen LogP contribution >= 0.6 is 0 Å². The summed E-state index contributed by atoms with van der Waals surface area (Å²) in [6.07, 6.45) is 3.06. The number of nitrogens with zero attached hydrogens (tertiary/aromatic N) is 2. The zero-order valence-electron chi connectivity index (χ0n) is 16.2. The average molecular weight is 411 g/mol. The van der Waals surface area contributed by atoms with Crippen LogP contribution in [0.25, 0.3) is 0 Å². The van der Waals surface area contributed by atoms with Crippen molar-refractivity contribution in [3.8, 4) is 0 Å². The topological polar surface area (TPSA) is 130 Å². The number of anilines is 1. The molecule has 0 unspecified atom stereocenters. The number of carbonyl (C=O) groups is 3. The Balaban J connectivity index is 1.41. The van der Waals surface area contributed by atoms with Gasteiger partial charge in [-0.3, -0.25) is 24.6 Å². The second-order valence-electron chi connectivity index (χ2n) is 6.94. The molecule has 0 aliphatic carbocycles. The highest BCUT2D eigenvalue weighted by atomic mass is 16.6. The molecule has 0 spiro atoms. The van der Waals surface area contributed by atoms with E-state index < -0.39 is 10.9 Å². The monoisotopic (exact) mass is 411 g/mol. The molecule has 9 nitrogen and oxygen atoms in total. The molecule has 0 saturated carbocycles. The van der Waals surface area contributed by atoms with Crippen LogP contribution in [0.2, 0.25) is 0 Å². The molecular weight excluding hydrogens is 390 g/mol. The Labute approximate surface area is 172 Å². The third-order valence-corrected chi connectivity index (χ3v) is 4.95. The number of nitrogens with one attached hydrogen (secondary N) is 1. The highest BCUT2D eigenvalue weighted by Crippen LogP contribution is 2.24. The summed E-state index contributed by atoms with van der Waals surface area (Å²) in [5, 5.41) is 23.0. The largest absolute Gasteiger partial charge is 0.478 e. The van der Waals surface area contributed by atoms with Crippen LogP contribution < -0.4 is 5.32 Å². The summed E-state index contributed by atoms with van der Waals surface area (Å²) in [6, 6.07) is 10.5. The molecule has 0 radical (unpaired) electrons. The molecule has 2 aromatic carbocycles. The average Bonchev–Trinajstić information content (AvgIpc) is 2.97. The smallest absolute Gasteiger partial charge is 0.338 e. The predicted octanol–water partition coefficient (Wildman–Crippen LogP) is 3.56. The van der Waals surface area contributed by atoms with E-state index in [1.54, 1.807) is 24.3 Å². The van der Waals surface area contributed by atoms with Gasteiger partial charge in [-0.2, -0.15) is 0 Å². The van der Waals surface area contributed by atoms with Crippen molar-refractivity contribution in [2.24, 2.45) is 0 Å². The fourth-order valence-corrected chi connectivity index (χ4v) is 3.39. The number of carboxylic acids is 1. The minimum absolute atomic E-state index is 0.144. The number of amides is 2. The number of fused-ring (bicyclic) bond motifs is 1. The van der Waals surface area contributed by atoms with Gasteiger partial charge in [-0.1, -0.05) is 25.0 Å². The van der Waals surface area contributed by atoms with Crippen LogP contribution in [0.1, 0.15) is 56.8 Å². The van der Waals surface area contributed by atoms with E-state index in [0.29, 0.717) is 36.3 Å². The number of carboxylic acid groups (broad SMARTS) is 1. The van der Waals surface area contributed by atoms with Gasteiger partial charge in [0.25, 0.3) is 17.5 Å². The molecule has 2 amide bonds. The maximum absolute atomic E-state index is 12.3. The van der Waals surface area contributed by atoms with Crippen molar-refractivity contribution < 1.29 is 24.4 Å². The lowest BCUT2D eigenvalue weighted by Crippen LogP contribution is -2.30. The van der Waals surface area contributed by atoms with Crippen molar-refractivity contribution in [2.45, 2.75) is 25.7 Å². The van der Waals surface area contributed by atoms with Crippen molar-refractivity contribution in [3.63, 3.8) is 0 Å². The highest BCUT2D eigenvalue weighted by molar-refractivity contribution is 6.21. The van der Waals surface area contributed by atoms with Crippen LogP contribution in [0.4, 0.5) is 11.4 Å². The molecule has 0 atom stereocenters. The Kier molecular flexibility index (Phi) is 6.41. The van der Waals surface area contributed by atoms with E-state index in [1.165, 1.54) is 17.0 Å². The van der Waals surface area contributed by atoms with Gasteiger partial charge in [0, 0.05) is 30.9 Å². The first-order chi connectivity index (χ1) is 14.4. The quantitative estimate of drug-likeness (QED) is 0.265. The number of hydrogen-bond acceptors (Lipinski definition) is 6. The normalized spacial score (nSPS) is 12.7. The lowest BCUT2D eigenvalue weighted by Gasteiger charge is -2.13. The molecule has 0 bridgehead atoms. The molecule has 2 N–H and O–H groups in total. The van der Waals surface area contributed by atoms with Crippen molar-refractivity contribution >= 4 is 29.2 Å². The zero-order chi connectivity index (χ0) is 21.7. The first-order valence-electron chi connectivity index (χ1n) is 9.61. The Bertz CT molecular complexity index is 969. The molecule has 0 aromatic heterocycles. The van der Waals surface area contributed by atoms with Gasteiger partial charge in [-0.05, 0) is 31.0 Å². The lowest BCUT2D eigenvalue weighted by atomic mass is 10.1. The Morgan fingerprint density at radius 1 is 1.00 bits per heavy atom. The first-order valence-corrected chi connectivity index (χ1v) is 9.61. The molecule has 0 fully saturated rings. The summed E-state index contributed by atoms with van der Waals surface area (Å²) >= 11 is 0. The standard InChI is InChI=1S/C21H21N3O6/c25-19-15-7-3-4-8-16(15)20(26)23(19)12-6-2-1-5-11-22-18-10-9-14(24(29)30)13-17(18)21(27)28/h3-4,7-10,13,22H,1-2,5-6,11-12H2,(H,27,28). The number of nitro benzene ring substituents is 1. The van der Waals surface area contributed by atoms with Crippen molar-refractivity contribution in [3.05, 3.63) is 69.3 Å². The molecule has 0 saturated heterocycles. The predicted molar refractivity (Wildman–Crippen MR) is 109 cm³/mol. The van der Waals surface area contributed by atoms with Gasteiger partial charge in [-0.15, -0.1) is 0 Å². The van der Waals surface area contributed by atoms with E-state index >= 15 is 0 Å². The van der Waals surface area contributed by atoms with Gasteiger partial charge in [0.05, 0.1) is 21.6 Å². The van der Waals surface area contributed by atoms with Gasteiger partial charge in [0.2, 0.25) is 0 Å². The summed E-state index contributed by atoms with van der Waals surface area (Å²) in [5.74, 6) is -1.74. The molecule has 3 rings (SSSR count). The summed E-state index contributed by atoms with van der Waals surface area (Å²) in [6.45, 7) is 0.871. The first kappa shape index (κ1) is 21.0. The molecule has 1 aliphatic heterocycles. The van der Waals surface area contributed by atoms with Gasteiger partial charge in [-0.25, -0.2) is 4.79 Å². The van der Waals surface area contributed by atoms with Crippen LogP contribution in [0.15, 0.2) is 42.5 Å². The number of aromatic carboxylic acids is 1. The second kappa shape index (κ2) is 9.17. The number of rotatable bonds is 10. The Morgan fingerprint density at radius 2 is 1.63 bits per heavy atom. The van der Waals surface area contributed by atoms with E-state index in [0.717, 1.165) is 25.3 Å². The lowest BCUT2D eigenvalue weighted by molar-refractivity contribution is -0.384. The van der Waals surface area contributed by atoms with E-state index in [-0.39, 0.29) is 23.1 Å². The van der Waals surface area contributed by atoms with E-state index in [1.807, 2.05) is 0 Å². The van der Waals surface area contributed by atoms with Crippen LogP contribution in [-0.4, -0.2) is 45.8 Å². The maximum atomic E-state index is 12.3. The van der Waals surface area contributed by atoms with Crippen molar-refractivity contribution in [1.82, 2.24) is 4.90 Å². The minimum Gasteiger partial charge on any atom is -0.478 e. The molecule has 1 heterocycles. The van der Waals surface area contributed by atoms with Crippen LogP contribution in [0.5, 0.6) is 0 Å². The SMILES string of the molecule is O=C(O)c1cc([N+](=O)[O-])ccc1NCCCCCCN1C(=O)c2ccccc2C1=O. The fourth-order valence-electron chi connectivity index (χ4n) is 3.39. The highest BCUT2D eigenvalue weighted by Gasteiger charge is 2.34. The molecule has 9 heteroatoms. The third-order valence-electron chi connectivity index (χ3n) is 4.95. The summed E-state index contributed by atoms with van der Waals surface area (Å²) in [4.78, 5) is 47.3. The summed E-state index contributed by atoms with van der Waals surface area (Å²) in [5.41, 5.74) is 0.813. The molecule has 156 valence electrons.